The number of allylic oxidation sites excluding steroid dienone is 4. The quantitative estimate of drug-likeness (QED) is 0.0321. The van der Waals surface area contributed by atoms with Gasteiger partial charge in [0.15, 0.2) is 0 Å². The molecular formula is C57H109NO5. The van der Waals surface area contributed by atoms with Gasteiger partial charge in [-0.05, 0) is 77.0 Å². The lowest BCUT2D eigenvalue weighted by atomic mass is 10.0. The van der Waals surface area contributed by atoms with Crippen LogP contribution in [0.3, 0.4) is 0 Å². The lowest BCUT2D eigenvalue weighted by molar-refractivity contribution is -0.151. The molecule has 0 aromatic carbocycles. The average Bonchev–Trinajstić information content (AvgIpc) is 3.28. The third-order valence-corrected chi connectivity index (χ3v) is 13.0. The van der Waals surface area contributed by atoms with E-state index in [9.17, 15) is 19.8 Å². The number of unbranched alkanes of at least 4 members (excludes halogenated alkanes) is 35. The van der Waals surface area contributed by atoms with Gasteiger partial charge in [0.25, 0.3) is 0 Å². The number of rotatable bonds is 51. The largest absolute Gasteiger partial charge is 0.462 e. The summed E-state index contributed by atoms with van der Waals surface area (Å²) in [5, 5.41) is 23.8. The Morgan fingerprint density at radius 3 is 1.14 bits per heavy atom. The number of aliphatic hydroxyl groups excluding tert-OH is 2. The molecule has 0 aliphatic rings. The van der Waals surface area contributed by atoms with Crippen LogP contribution in [0.5, 0.6) is 0 Å². The molecule has 0 fully saturated rings. The summed E-state index contributed by atoms with van der Waals surface area (Å²) >= 11 is 0. The number of amides is 1. The summed E-state index contributed by atoms with van der Waals surface area (Å²) in [7, 11) is 0. The molecular weight excluding hydrogens is 779 g/mol. The second-order valence-electron chi connectivity index (χ2n) is 19.3. The van der Waals surface area contributed by atoms with E-state index in [2.05, 4.69) is 50.4 Å². The molecule has 0 saturated carbocycles. The second kappa shape index (κ2) is 51.3. The van der Waals surface area contributed by atoms with E-state index in [-0.39, 0.29) is 24.9 Å². The van der Waals surface area contributed by atoms with Gasteiger partial charge in [0, 0.05) is 6.42 Å². The Balaban J connectivity index is 4.58. The first-order valence-electron chi connectivity index (χ1n) is 28.1. The molecule has 0 rings (SSSR count). The van der Waals surface area contributed by atoms with Crippen LogP contribution in [-0.2, 0) is 14.3 Å². The molecule has 3 atom stereocenters. The minimum absolute atomic E-state index is 0.0655. The van der Waals surface area contributed by atoms with E-state index in [1.165, 1.54) is 193 Å². The molecule has 3 N–H and O–H groups in total. The van der Waals surface area contributed by atoms with E-state index < -0.39 is 18.2 Å². The summed E-state index contributed by atoms with van der Waals surface area (Å²) in [5.74, 6) is -0.493. The van der Waals surface area contributed by atoms with E-state index in [0.717, 1.165) is 64.2 Å². The van der Waals surface area contributed by atoms with E-state index in [0.29, 0.717) is 19.3 Å². The zero-order chi connectivity index (χ0) is 45.9. The monoisotopic (exact) mass is 888 g/mol. The van der Waals surface area contributed by atoms with Gasteiger partial charge in [-0.1, -0.05) is 238 Å². The van der Waals surface area contributed by atoms with Crippen LogP contribution < -0.4 is 5.32 Å². The fourth-order valence-electron chi connectivity index (χ4n) is 8.72. The molecule has 6 heteroatoms. The van der Waals surface area contributed by atoms with Gasteiger partial charge < -0.3 is 20.3 Å². The van der Waals surface area contributed by atoms with Gasteiger partial charge in [-0.25, -0.2) is 0 Å². The van der Waals surface area contributed by atoms with Gasteiger partial charge in [0.2, 0.25) is 5.91 Å². The predicted octanol–water partition coefficient (Wildman–Crippen LogP) is 17.1. The number of ether oxygens (including phenoxy) is 1. The molecule has 0 spiro atoms. The maximum atomic E-state index is 13.2. The Bertz CT molecular complexity index is 997. The molecule has 1 amide bonds. The molecule has 0 bridgehead atoms. The first-order chi connectivity index (χ1) is 31.0. The highest BCUT2D eigenvalue weighted by molar-refractivity contribution is 5.77. The minimum Gasteiger partial charge on any atom is -0.462 e. The topological polar surface area (TPSA) is 95.9 Å². The summed E-state index contributed by atoms with van der Waals surface area (Å²) in [5.41, 5.74) is 0. The number of hydrogen-bond donors (Lipinski definition) is 3. The van der Waals surface area contributed by atoms with Crippen molar-refractivity contribution < 1.29 is 24.5 Å². The third-order valence-electron chi connectivity index (χ3n) is 13.0. The van der Waals surface area contributed by atoms with Crippen molar-refractivity contribution in [1.29, 1.82) is 0 Å². The Hall–Kier alpha value is -1.66. The molecule has 0 aliphatic carbocycles. The number of nitrogens with one attached hydrogen (secondary N) is 1. The van der Waals surface area contributed by atoms with Crippen LogP contribution >= 0.6 is 0 Å². The van der Waals surface area contributed by atoms with Crippen molar-refractivity contribution >= 4 is 11.9 Å². The van der Waals surface area contributed by atoms with E-state index in [4.69, 9.17) is 4.74 Å². The van der Waals surface area contributed by atoms with E-state index in [1.807, 2.05) is 0 Å². The number of aliphatic hydroxyl groups is 2. The number of carbonyl (C=O) groups is 2. The van der Waals surface area contributed by atoms with Crippen LogP contribution in [0.25, 0.3) is 0 Å². The van der Waals surface area contributed by atoms with Crippen molar-refractivity contribution in [3.05, 3.63) is 24.3 Å². The standard InChI is InChI=1S/C57H109NO5/c1-4-7-10-13-16-19-22-25-28-29-30-33-36-39-42-45-48-53(63-57(62)50-47-44-41-38-35-32-27-24-21-18-15-12-9-6-3)51-56(61)58-54(52-59)55(60)49-46-43-40-37-34-31-26-23-20-17-14-11-8-5-2/h30,32-33,35,53-55,59-60H,4-29,31,34,36-52H2,1-3H3,(H,58,61)/b33-30+,35-32-. The molecule has 0 radical (unpaired) electrons. The Kier molecular flexibility index (Phi) is 50.0. The lowest BCUT2D eigenvalue weighted by Gasteiger charge is -2.24. The fraction of sp³-hybridized carbons (Fsp3) is 0.895. The molecule has 0 aromatic rings. The predicted molar refractivity (Wildman–Crippen MR) is 273 cm³/mol. The summed E-state index contributed by atoms with van der Waals surface area (Å²) in [6, 6.07) is -0.706. The molecule has 0 saturated heterocycles. The van der Waals surface area contributed by atoms with Crippen molar-refractivity contribution in [1.82, 2.24) is 5.32 Å². The van der Waals surface area contributed by atoms with Gasteiger partial charge in [-0.2, -0.15) is 0 Å². The van der Waals surface area contributed by atoms with Crippen LogP contribution in [-0.4, -0.2) is 46.9 Å². The first-order valence-corrected chi connectivity index (χ1v) is 28.1. The van der Waals surface area contributed by atoms with E-state index >= 15 is 0 Å². The van der Waals surface area contributed by atoms with Crippen molar-refractivity contribution in [3.63, 3.8) is 0 Å². The zero-order valence-electron chi connectivity index (χ0n) is 42.5. The average molecular weight is 889 g/mol. The van der Waals surface area contributed by atoms with Crippen molar-refractivity contribution in [2.45, 2.75) is 322 Å². The molecule has 0 heterocycles. The summed E-state index contributed by atoms with van der Waals surface area (Å²) in [6.07, 6.45) is 59.5. The van der Waals surface area contributed by atoms with E-state index in [1.54, 1.807) is 0 Å². The zero-order valence-corrected chi connectivity index (χ0v) is 42.5. The molecule has 372 valence electrons. The van der Waals surface area contributed by atoms with Crippen LogP contribution in [0.2, 0.25) is 0 Å². The Morgan fingerprint density at radius 1 is 0.444 bits per heavy atom. The summed E-state index contributed by atoms with van der Waals surface area (Å²) < 4.78 is 5.94. The molecule has 0 aromatic heterocycles. The SMILES string of the molecule is CCCCCCCCC/C=C\CCCCCC(=O)OC(CCCCC/C=C/CCCCCCCCCCC)CC(=O)NC(CO)C(O)CCCCCCCCCCCCCCCC. The highest BCUT2D eigenvalue weighted by atomic mass is 16.5. The van der Waals surface area contributed by atoms with Gasteiger partial charge >= 0.3 is 5.97 Å². The Labute approximate surface area is 392 Å². The smallest absolute Gasteiger partial charge is 0.306 e. The molecule has 6 nitrogen and oxygen atoms in total. The number of esters is 1. The molecule has 63 heavy (non-hydrogen) atoms. The summed E-state index contributed by atoms with van der Waals surface area (Å²) in [6.45, 7) is 6.50. The molecule has 3 unspecified atom stereocenters. The lowest BCUT2D eigenvalue weighted by Crippen LogP contribution is -2.46. The molecule has 0 aliphatic heterocycles. The van der Waals surface area contributed by atoms with Crippen LogP contribution in [0.4, 0.5) is 0 Å². The number of hydrogen-bond acceptors (Lipinski definition) is 5. The van der Waals surface area contributed by atoms with Gasteiger partial charge in [0.1, 0.15) is 6.10 Å². The maximum Gasteiger partial charge on any atom is 0.306 e. The maximum absolute atomic E-state index is 13.2. The summed E-state index contributed by atoms with van der Waals surface area (Å²) in [4.78, 5) is 26.2. The fourth-order valence-corrected chi connectivity index (χ4v) is 8.72. The highest BCUT2D eigenvalue weighted by Gasteiger charge is 2.24. The second-order valence-corrected chi connectivity index (χ2v) is 19.3. The van der Waals surface area contributed by atoms with Gasteiger partial charge in [-0.3, -0.25) is 9.59 Å². The van der Waals surface area contributed by atoms with Crippen LogP contribution in [0.15, 0.2) is 24.3 Å². The van der Waals surface area contributed by atoms with Crippen LogP contribution in [0, 0.1) is 0 Å². The Morgan fingerprint density at radius 2 is 0.762 bits per heavy atom. The van der Waals surface area contributed by atoms with Crippen molar-refractivity contribution in [2.75, 3.05) is 6.61 Å². The minimum atomic E-state index is -0.791. The number of carbonyl (C=O) groups excluding carboxylic acids is 2. The normalized spacial score (nSPS) is 13.3. The van der Waals surface area contributed by atoms with Crippen molar-refractivity contribution in [3.8, 4) is 0 Å². The van der Waals surface area contributed by atoms with Gasteiger partial charge in [-0.15, -0.1) is 0 Å². The third kappa shape index (κ3) is 46.7. The van der Waals surface area contributed by atoms with Crippen LogP contribution in [0.1, 0.15) is 303 Å². The highest BCUT2D eigenvalue weighted by Crippen LogP contribution is 2.18. The van der Waals surface area contributed by atoms with Crippen molar-refractivity contribution in [2.24, 2.45) is 0 Å². The van der Waals surface area contributed by atoms with Gasteiger partial charge in [0.05, 0.1) is 25.2 Å². The first kappa shape index (κ1) is 61.3.